The molecule has 1 heterocycles. The Kier molecular flexibility index (Phi) is 4.97. The Hall–Kier alpha value is -2.90. The number of carboxylic acid groups (broad SMARTS) is 1. The zero-order valence-corrected chi connectivity index (χ0v) is 13.3. The fourth-order valence-corrected chi connectivity index (χ4v) is 2.84. The maximum atomic E-state index is 13.4. The molecule has 1 amide bonds. The van der Waals surface area contributed by atoms with Crippen LogP contribution in [0.1, 0.15) is 17.2 Å². The molecule has 7 heteroatoms. The van der Waals surface area contributed by atoms with Crippen LogP contribution >= 0.6 is 0 Å². The van der Waals surface area contributed by atoms with Crippen molar-refractivity contribution in [3.05, 3.63) is 71.7 Å². The van der Waals surface area contributed by atoms with E-state index in [-0.39, 0.29) is 18.9 Å². The van der Waals surface area contributed by atoms with Crippen LogP contribution in [0, 0.1) is 5.82 Å². The molecule has 1 aromatic heterocycles. The number of amides is 1. The number of hydroxylamine groups is 2. The van der Waals surface area contributed by atoms with Crippen LogP contribution in [0.3, 0.4) is 0 Å². The van der Waals surface area contributed by atoms with Crippen molar-refractivity contribution in [1.29, 1.82) is 0 Å². The second-order valence-corrected chi connectivity index (χ2v) is 5.72. The van der Waals surface area contributed by atoms with E-state index in [1.165, 1.54) is 12.1 Å². The van der Waals surface area contributed by atoms with Gasteiger partial charge in [-0.3, -0.25) is 0 Å². The Labute approximate surface area is 143 Å². The molecule has 1 unspecified atom stereocenters. The normalized spacial score (nSPS) is 12.4. The number of hydrogen-bond acceptors (Lipinski definition) is 3. The Bertz CT molecular complexity index is 866. The average Bonchev–Trinajstić information content (AvgIpc) is 2.98. The molecule has 0 aliphatic carbocycles. The zero-order chi connectivity index (χ0) is 17.8. The molecule has 0 bridgehead atoms. The number of nitrogens with one attached hydrogen (secondary N) is 2. The quantitative estimate of drug-likeness (QED) is 0.516. The van der Waals surface area contributed by atoms with Gasteiger partial charge in [0.15, 0.2) is 0 Å². The molecule has 2 aromatic carbocycles. The van der Waals surface area contributed by atoms with Gasteiger partial charge in [-0.25, -0.2) is 9.18 Å². The molecular formula is C18H18FN3O3. The van der Waals surface area contributed by atoms with Gasteiger partial charge in [0.1, 0.15) is 5.82 Å². The number of aromatic nitrogens is 1. The summed E-state index contributed by atoms with van der Waals surface area (Å²) in [6.45, 7) is 0.212. The molecule has 25 heavy (non-hydrogen) atoms. The van der Waals surface area contributed by atoms with Crippen LogP contribution in [-0.4, -0.2) is 33.0 Å². The van der Waals surface area contributed by atoms with E-state index in [1.54, 1.807) is 12.3 Å². The Morgan fingerprint density at radius 1 is 1.24 bits per heavy atom. The van der Waals surface area contributed by atoms with E-state index < -0.39 is 12.1 Å². The van der Waals surface area contributed by atoms with Gasteiger partial charge in [0.2, 0.25) is 0 Å². The molecule has 0 saturated heterocycles. The minimum Gasteiger partial charge on any atom is -0.465 e. The van der Waals surface area contributed by atoms with Crippen molar-refractivity contribution in [2.45, 2.75) is 12.6 Å². The third-order valence-electron chi connectivity index (χ3n) is 4.03. The molecule has 3 aromatic rings. The SMILES string of the molecule is O=C(O)NCC(c1c[nH]c2cc(F)ccc12)N(O)Cc1ccccc1. The van der Waals surface area contributed by atoms with Crippen molar-refractivity contribution in [3.8, 4) is 0 Å². The molecule has 3 rings (SSSR count). The molecule has 0 aliphatic rings. The van der Waals surface area contributed by atoms with E-state index in [0.29, 0.717) is 11.1 Å². The molecule has 4 N–H and O–H groups in total. The lowest BCUT2D eigenvalue weighted by atomic mass is 10.0. The van der Waals surface area contributed by atoms with Crippen LogP contribution in [0.5, 0.6) is 0 Å². The number of rotatable bonds is 6. The van der Waals surface area contributed by atoms with Crippen LogP contribution in [0.2, 0.25) is 0 Å². The lowest BCUT2D eigenvalue weighted by Gasteiger charge is -2.26. The first-order valence-electron chi connectivity index (χ1n) is 7.77. The molecule has 0 radical (unpaired) electrons. The van der Waals surface area contributed by atoms with Gasteiger partial charge in [-0.2, -0.15) is 5.06 Å². The van der Waals surface area contributed by atoms with Crippen molar-refractivity contribution < 1.29 is 19.5 Å². The highest BCUT2D eigenvalue weighted by molar-refractivity contribution is 5.83. The van der Waals surface area contributed by atoms with Crippen molar-refractivity contribution in [1.82, 2.24) is 15.4 Å². The Balaban J connectivity index is 1.91. The number of benzene rings is 2. The fourth-order valence-electron chi connectivity index (χ4n) is 2.84. The standard InChI is InChI=1S/C18H18FN3O3/c19-13-6-7-14-15(9-20-16(14)8-13)17(10-21-18(23)24)22(25)11-12-4-2-1-3-5-12/h1-9,17,20-21,25H,10-11H2,(H,23,24). The lowest BCUT2D eigenvalue weighted by molar-refractivity contribution is -0.135. The van der Waals surface area contributed by atoms with Crippen molar-refractivity contribution in [2.75, 3.05) is 6.54 Å². The highest BCUT2D eigenvalue weighted by atomic mass is 19.1. The summed E-state index contributed by atoms with van der Waals surface area (Å²) in [4.78, 5) is 13.9. The predicted octanol–water partition coefficient (Wildman–Crippen LogP) is 3.51. The summed E-state index contributed by atoms with van der Waals surface area (Å²) in [5.74, 6) is -0.369. The summed E-state index contributed by atoms with van der Waals surface area (Å²) in [6.07, 6.45) is 0.482. The zero-order valence-electron chi connectivity index (χ0n) is 13.3. The van der Waals surface area contributed by atoms with Crippen molar-refractivity contribution >= 4 is 17.0 Å². The fraction of sp³-hybridized carbons (Fsp3) is 0.167. The number of carbonyl (C=O) groups is 1. The summed E-state index contributed by atoms with van der Waals surface area (Å²) in [5, 5.41) is 23.6. The van der Waals surface area contributed by atoms with E-state index in [1.807, 2.05) is 30.3 Å². The van der Waals surface area contributed by atoms with E-state index in [2.05, 4.69) is 10.3 Å². The highest BCUT2D eigenvalue weighted by Gasteiger charge is 2.23. The summed E-state index contributed by atoms with van der Waals surface area (Å²) in [6, 6.07) is 13.0. The molecule has 0 aliphatic heterocycles. The van der Waals surface area contributed by atoms with Crippen LogP contribution in [0.4, 0.5) is 9.18 Å². The average molecular weight is 343 g/mol. The number of aromatic amines is 1. The maximum absolute atomic E-state index is 13.4. The van der Waals surface area contributed by atoms with Gasteiger partial charge in [0.25, 0.3) is 0 Å². The monoisotopic (exact) mass is 343 g/mol. The minimum absolute atomic E-state index is 0.0109. The van der Waals surface area contributed by atoms with E-state index in [4.69, 9.17) is 5.11 Å². The summed E-state index contributed by atoms with van der Waals surface area (Å²) < 4.78 is 13.4. The van der Waals surface area contributed by atoms with Gasteiger partial charge in [-0.05, 0) is 29.3 Å². The number of fused-ring (bicyclic) bond motifs is 1. The molecule has 0 saturated carbocycles. The van der Waals surface area contributed by atoms with E-state index in [0.717, 1.165) is 16.0 Å². The van der Waals surface area contributed by atoms with Crippen molar-refractivity contribution in [2.24, 2.45) is 0 Å². The first-order valence-corrected chi connectivity index (χ1v) is 7.77. The van der Waals surface area contributed by atoms with Gasteiger partial charge in [0.05, 0.1) is 6.04 Å². The third-order valence-corrected chi connectivity index (χ3v) is 4.03. The molecule has 0 spiro atoms. The summed E-state index contributed by atoms with van der Waals surface area (Å²) in [5.41, 5.74) is 2.15. The summed E-state index contributed by atoms with van der Waals surface area (Å²) in [7, 11) is 0. The topological polar surface area (TPSA) is 88.6 Å². The smallest absolute Gasteiger partial charge is 0.404 e. The van der Waals surface area contributed by atoms with Gasteiger partial charge in [0, 0.05) is 30.2 Å². The first-order chi connectivity index (χ1) is 12.0. The molecule has 0 fully saturated rings. The Morgan fingerprint density at radius 2 is 2.00 bits per heavy atom. The van der Waals surface area contributed by atoms with Gasteiger partial charge < -0.3 is 20.6 Å². The second-order valence-electron chi connectivity index (χ2n) is 5.72. The summed E-state index contributed by atoms with van der Waals surface area (Å²) >= 11 is 0. The highest BCUT2D eigenvalue weighted by Crippen LogP contribution is 2.28. The molecule has 130 valence electrons. The molecule has 1 atom stereocenters. The van der Waals surface area contributed by atoms with Gasteiger partial charge in [-0.1, -0.05) is 30.3 Å². The molecule has 6 nitrogen and oxygen atoms in total. The number of halogens is 1. The lowest BCUT2D eigenvalue weighted by Crippen LogP contribution is -2.35. The van der Waals surface area contributed by atoms with Crippen LogP contribution < -0.4 is 5.32 Å². The van der Waals surface area contributed by atoms with Gasteiger partial charge >= 0.3 is 6.09 Å². The van der Waals surface area contributed by atoms with Crippen molar-refractivity contribution in [3.63, 3.8) is 0 Å². The first kappa shape index (κ1) is 16.9. The van der Waals surface area contributed by atoms with Gasteiger partial charge in [-0.15, -0.1) is 0 Å². The van der Waals surface area contributed by atoms with E-state index >= 15 is 0 Å². The number of nitrogens with zero attached hydrogens (tertiary/aromatic N) is 1. The number of hydrogen-bond donors (Lipinski definition) is 4. The van der Waals surface area contributed by atoms with Crippen LogP contribution in [0.25, 0.3) is 10.9 Å². The van der Waals surface area contributed by atoms with Crippen LogP contribution in [-0.2, 0) is 6.54 Å². The maximum Gasteiger partial charge on any atom is 0.404 e. The molecular weight excluding hydrogens is 325 g/mol. The predicted molar refractivity (Wildman–Crippen MR) is 90.8 cm³/mol. The number of H-pyrrole nitrogens is 1. The van der Waals surface area contributed by atoms with E-state index in [9.17, 15) is 14.4 Å². The third kappa shape index (κ3) is 3.96. The largest absolute Gasteiger partial charge is 0.465 e. The van der Waals surface area contributed by atoms with Crippen LogP contribution in [0.15, 0.2) is 54.7 Å². The second kappa shape index (κ2) is 7.33. The Morgan fingerprint density at radius 3 is 2.72 bits per heavy atom. The minimum atomic E-state index is -1.18.